The highest BCUT2D eigenvalue weighted by Gasteiger charge is 2.24. The number of hydrogen-bond donors (Lipinski definition) is 2. The molecule has 3 heteroatoms. The lowest BCUT2D eigenvalue weighted by molar-refractivity contribution is 0.266. The van der Waals surface area contributed by atoms with Crippen LogP contribution in [0.4, 0.5) is 5.69 Å². The number of para-hydroxylation sites is 1. The van der Waals surface area contributed by atoms with Crippen LogP contribution in [-0.2, 0) is 6.42 Å². The Bertz CT molecular complexity index is 390. The Morgan fingerprint density at radius 1 is 1.44 bits per heavy atom. The van der Waals surface area contributed by atoms with E-state index in [-0.39, 0.29) is 6.61 Å². The van der Waals surface area contributed by atoms with Crippen molar-refractivity contribution in [3.8, 4) is 0 Å². The highest BCUT2D eigenvalue weighted by atomic mass is 16.3. The minimum Gasteiger partial charge on any atom is -0.396 e. The van der Waals surface area contributed by atoms with Gasteiger partial charge in [0.15, 0.2) is 0 Å². The van der Waals surface area contributed by atoms with Crippen LogP contribution in [0.1, 0.15) is 24.5 Å². The third-order valence-corrected chi connectivity index (χ3v) is 3.80. The Labute approximate surface area is 110 Å². The zero-order chi connectivity index (χ0) is 13.0. The lowest BCUT2D eigenvalue weighted by atomic mass is 10.0. The maximum Gasteiger partial charge on any atom is 0.0451 e. The Hall–Kier alpha value is -1.06. The van der Waals surface area contributed by atoms with Crippen LogP contribution in [0, 0.1) is 6.92 Å². The van der Waals surface area contributed by atoms with Crippen molar-refractivity contribution < 1.29 is 5.11 Å². The summed E-state index contributed by atoms with van der Waals surface area (Å²) in [5.41, 5.74) is 4.15. The minimum atomic E-state index is 0.260. The lowest BCUT2D eigenvalue weighted by Crippen LogP contribution is -2.52. The van der Waals surface area contributed by atoms with Gasteiger partial charge in [0.1, 0.15) is 0 Å². The fourth-order valence-electron chi connectivity index (χ4n) is 2.88. The molecule has 1 aliphatic heterocycles. The van der Waals surface area contributed by atoms with E-state index in [1.807, 2.05) is 0 Å². The van der Waals surface area contributed by atoms with Crippen LogP contribution in [0.15, 0.2) is 18.2 Å². The predicted molar refractivity (Wildman–Crippen MR) is 76.3 cm³/mol. The molecule has 3 nitrogen and oxygen atoms in total. The molecule has 0 spiro atoms. The fraction of sp³-hybridized carbons (Fsp3) is 0.600. The number of aliphatic hydroxyl groups excluding tert-OH is 1. The van der Waals surface area contributed by atoms with Crippen LogP contribution in [0.3, 0.4) is 0 Å². The standard InChI is InChI=1S/C15H24N2O/c1-3-13-6-4-5-12(2)15(13)17-9-8-16-11-14(17)7-10-18/h4-6,14,16,18H,3,7-11H2,1-2H3. The molecule has 1 heterocycles. The molecule has 0 aliphatic carbocycles. The van der Waals surface area contributed by atoms with Gasteiger partial charge in [0.05, 0.1) is 0 Å². The van der Waals surface area contributed by atoms with Crippen molar-refractivity contribution >= 4 is 5.69 Å². The average Bonchev–Trinajstić information content (AvgIpc) is 2.40. The van der Waals surface area contributed by atoms with E-state index in [0.717, 1.165) is 32.5 Å². The summed E-state index contributed by atoms with van der Waals surface area (Å²) >= 11 is 0. The molecule has 18 heavy (non-hydrogen) atoms. The number of nitrogens with zero attached hydrogens (tertiary/aromatic N) is 1. The molecule has 0 radical (unpaired) electrons. The first kappa shape index (κ1) is 13.4. The van der Waals surface area contributed by atoms with Gasteiger partial charge < -0.3 is 15.3 Å². The molecule has 2 N–H and O–H groups in total. The number of benzene rings is 1. The summed E-state index contributed by atoms with van der Waals surface area (Å²) in [4.78, 5) is 2.49. The molecule has 1 aliphatic rings. The molecule has 1 saturated heterocycles. The van der Waals surface area contributed by atoms with E-state index >= 15 is 0 Å². The van der Waals surface area contributed by atoms with Gasteiger partial charge in [0.25, 0.3) is 0 Å². The molecule has 2 rings (SSSR count). The number of hydrogen-bond acceptors (Lipinski definition) is 3. The van der Waals surface area contributed by atoms with E-state index in [1.165, 1.54) is 16.8 Å². The Morgan fingerprint density at radius 2 is 2.28 bits per heavy atom. The number of rotatable bonds is 4. The molecule has 0 saturated carbocycles. The molecule has 1 fully saturated rings. The third-order valence-electron chi connectivity index (χ3n) is 3.80. The van der Waals surface area contributed by atoms with E-state index in [1.54, 1.807) is 0 Å². The van der Waals surface area contributed by atoms with Crippen LogP contribution in [0.25, 0.3) is 0 Å². The molecule has 1 aromatic carbocycles. The molecule has 1 atom stereocenters. The molecule has 0 amide bonds. The van der Waals surface area contributed by atoms with Gasteiger partial charge in [-0.25, -0.2) is 0 Å². The van der Waals surface area contributed by atoms with E-state index < -0.39 is 0 Å². The monoisotopic (exact) mass is 248 g/mol. The van der Waals surface area contributed by atoms with E-state index in [2.05, 4.69) is 42.3 Å². The lowest BCUT2D eigenvalue weighted by Gasteiger charge is -2.39. The summed E-state index contributed by atoms with van der Waals surface area (Å²) in [5, 5.41) is 12.6. The summed E-state index contributed by atoms with van der Waals surface area (Å²) < 4.78 is 0. The smallest absolute Gasteiger partial charge is 0.0451 e. The van der Waals surface area contributed by atoms with Gasteiger partial charge in [-0.15, -0.1) is 0 Å². The zero-order valence-electron chi connectivity index (χ0n) is 11.4. The van der Waals surface area contributed by atoms with E-state index in [4.69, 9.17) is 0 Å². The first-order valence-electron chi connectivity index (χ1n) is 6.94. The Balaban J connectivity index is 2.32. The van der Waals surface area contributed by atoms with Gasteiger partial charge >= 0.3 is 0 Å². The summed E-state index contributed by atoms with van der Waals surface area (Å²) in [7, 11) is 0. The van der Waals surface area contributed by atoms with Crippen molar-refractivity contribution in [3.05, 3.63) is 29.3 Å². The van der Waals surface area contributed by atoms with Gasteiger partial charge in [0.2, 0.25) is 0 Å². The SMILES string of the molecule is CCc1cccc(C)c1N1CCNCC1CCO. The second-order valence-electron chi connectivity index (χ2n) is 5.00. The molecule has 1 unspecified atom stereocenters. The maximum atomic E-state index is 9.22. The van der Waals surface area contributed by atoms with Crippen LogP contribution >= 0.6 is 0 Å². The summed E-state index contributed by atoms with van der Waals surface area (Å²) in [6.45, 7) is 7.68. The molecule has 0 bridgehead atoms. The zero-order valence-corrected chi connectivity index (χ0v) is 11.4. The minimum absolute atomic E-state index is 0.260. The van der Waals surface area contributed by atoms with Crippen molar-refractivity contribution in [2.24, 2.45) is 0 Å². The van der Waals surface area contributed by atoms with Crippen molar-refractivity contribution in [3.63, 3.8) is 0 Å². The second kappa shape index (κ2) is 6.21. The van der Waals surface area contributed by atoms with Gasteiger partial charge in [-0.2, -0.15) is 0 Å². The van der Waals surface area contributed by atoms with Crippen molar-refractivity contribution in [1.82, 2.24) is 5.32 Å². The van der Waals surface area contributed by atoms with Gasteiger partial charge in [0, 0.05) is 38.0 Å². The maximum absolute atomic E-state index is 9.22. The van der Waals surface area contributed by atoms with Gasteiger partial charge in [-0.3, -0.25) is 0 Å². The number of aryl methyl sites for hydroxylation is 2. The second-order valence-corrected chi connectivity index (χ2v) is 5.00. The molecular formula is C15H24N2O. The predicted octanol–water partition coefficient (Wildman–Crippen LogP) is 1.72. The van der Waals surface area contributed by atoms with Gasteiger partial charge in [-0.1, -0.05) is 25.1 Å². The summed E-state index contributed by atoms with van der Waals surface area (Å²) in [5.74, 6) is 0. The molecule has 1 aromatic rings. The van der Waals surface area contributed by atoms with E-state index in [0.29, 0.717) is 6.04 Å². The van der Waals surface area contributed by atoms with Crippen LogP contribution in [-0.4, -0.2) is 37.4 Å². The first-order chi connectivity index (χ1) is 8.77. The number of piperazine rings is 1. The fourth-order valence-corrected chi connectivity index (χ4v) is 2.88. The average molecular weight is 248 g/mol. The van der Waals surface area contributed by atoms with Crippen molar-refractivity contribution in [2.75, 3.05) is 31.1 Å². The summed E-state index contributed by atoms with van der Waals surface area (Å²) in [6.07, 6.45) is 1.90. The largest absolute Gasteiger partial charge is 0.396 e. The van der Waals surface area contributed by atoms with E-state index in [9.17, 15) is 5.11 Å². The van der Waals surface area contributed by atoms with Gasteiger partial charge in [-0.05, 0) is 30.9 Å². The number of nitrogens with one attached hydrogen (secondary N) is 1. The quantitative estimate of drug-likeness (QED) is 0.851. The highest BCUT2D eigenvalue weighted by molar-refractivity contribution is 5.60. The van der Waals surface area contributed by atoms with Crippen LogP contribution in [0.5, 0.6) is 0 Å². The van der Waals surface area contributed by atoms with Crippen molar-refractivity contribution in [2.45, 2.75) is 32.7 Å². The normalized spacial score (nSPS) is 20.2. The van der Waals surface area contributed by atoms with Crippen LogP contribution in [0.2, 0.25) is 0 Å². The summed E-state index contributed by atoms with van der Waals surface area (Å²) in [6, 6.07) is 6.96. The molecule has 100 valence electrons. The Morgan fingerprint density at radius 3 is 3.00 bits per heavy atom. The molecular weight excluding hydrogens is 224 g/mol. The first-order valence-corrected chi connectivity index (χ1v) is 6.94. The third kappa shape index (κ3) is 2.68. The van der Waals surface area contributed by atoms with Crippen molar-refractivity contribution in [1.29, 1.82) is 0 Å². The number of anilines is 1. The molecule has 0 aromatic heterocycles. The highest BCUT2D eigenvalue weighted by Crippen LogP contribution is 2.28. The Kier molecular flexibility index (Phi) is 4.61. The van der Waals surface area contributed by atoms with Crippen LogP contribution < -0.4 is 10.2 Å². The topological polar surface area (TPSA) is 35.5 Å². The number of aliphatic hydroxyl groups is 1.